The second-order valence-corrected chi connectivity index (χ2v) is 5.29. The summed E-state index contributed by atoms with van der Waals surface area (Å²) in [7, 11) is 1.60. The standard InChI is InChI=1S/C17H18N4O/c1-11-4-5-12(2)14(8-11)16-10-21(20-19-16)13-6-7-17(22-3)15(18)9-13/h4-10H,18H2,1-3H3. The third-order valence-electron chi connectivity index (χ3n) is 3.64. The van der Waals surface area contributed by atoms with E-state index < -0.39 is 0 Å². The molecule has 1 aromatic heterocycles. The predicted molar refractivity (Wildman–Crippen MR) is 87.2 cm³/mol. The average molecular weight is 294 g/mol. The van der Waals surface area contributed by atoms with E-state index in [4.69, 9.17) is 10.5 Å². The van der Waals surface area contributed by atoms with Gasteiger partial charge in [0.15, 0.2) is 0 Å². The lowest BCUT2D eigenvalue weighted by Gasteiger charge is -2.06. The van der Waals surface area contributed by atoms with E-state index in [1.807, 2.05) is 24.4 Å². The summed E-state index contributed by atoms with van der Waals surface area (Å²) in [5.41, 5.74) is 11.7. The lowest BCUT2D eigenvalue weighted by molar-refractivity contribution is 0.417. The molecular weight excluding hydrogens is 276 g/mol. The topological polar surface area (TPSA) is 66.0 Å². The normalized spacial score (nSPS) is 10.7. The van der Waals surface area contributed by atoms with Crippen molar-refractivity contribution < 1.29 is 4.74 Å². The summed E-state index contributed by atoms with van der Waals surface area (Å²) in [4.78, 5) is 0. The van der Waals surface area contributed by atoms with Gasteiger partial charge in [-0.1, -0.05) is 22.9 Å². The lowest BCUT2D eigenvalue weighted by atomic mass is 10.0. The van der Waals surface area contributed by atoms with Gasteiger partial charge in [-0.25, -0.2) is 4.68 Å². The van der Waals surface area contributed by atoms with Gasteiger partial charge in [0.25, 0.3) is 0 Å². The second-order valence-electron chi connectivity index (χ2n) is 5.29. The molecule has 0 saturated heterocycles. The summed E-state index contributed by atoms with van der Waals surface area (Å²) in [6, 6.07) is 11.8. The average Bonchev–Trinajstić information content (AvgIpc) is 2.99. The fourth-order valence-corrected chi connectivity index (χ4v) is 2.39. The van der Waals surface area contributed by atoms with Crippen molar-refractivity contribution in [2.45, 2.75) is 13.8 Å². The third-order valence-corrected chi connectivity index (χ3v) is 3.64. The molecule has 1 heterocycles. The molecule has 0 unspecified atom stereocenters. The molecule has 2 aromatic carbocycles. The van der Waals surface area contributed by atoms with Gasteiger partial charge >= 0.3 is 0 Å². The number of hydrogen-bond donors (Lipinski definition) is 1. The number of hydrogen-bond acceptors (Lipinski definition) is 4. The molecule has 3 rings (SSSR count). The molecule has 0 aliphatic carbocycles. The summed E-state index contributed by atoms with van der Waals surface area (Å²) in [6.07, 6.45) is 1.91. The Morgan fingerprint density at radius 1 is 1.09 bits per heavy atom. The van der Waals surface area contributed by atoms with Crippen molar-refractivity contribution in [3.05, 3.63) is 53.7 Å². The van der Waals surface area contributed by atoms with Crippen molar-refractivity contribution in [2.24, 2.45) is 0 Å². The van der Waals surface area contributed by atoms with Crippen molar-refractivity contribution in [3.8, 4) is 22.7 Å². The number of benzene rings is 2. The monoisotopic (exact) mass is 294 g/mol. The van der Waals surface area contributed by atoms with Crippen LogP contribution >= 0.6 is 0 Å². The smallest absolute Gasteiger partial charge is 0.141 e. The van der Waals surface area contributed by atoms with Crippen LogP contribution in [0, 0.1) is 13.8 Å². The minimum absolute atomic E-state index is 0.573. The molecule has 0 fully saturated rings. The SMILES string of the molecule is COc1ccc(-n2cc(-c3cc(C)ccc3C)nn2)cc1N. The van der Waals surface area contributed by atoms with Gasteiger partial charge in [-0.15, -0.1) is 5.10 Å². The Morgan fingerprint density at radius 2 is 1.91 bits per heavy atom. The Bertz CT molecular complexity index is 823. The number of nitrogen functional groups attached to an aromatic ring is 1. The van der Waals surface area contributed by atoms with E-state index in [1.54, 1.807) is 11.8 Å². The van der Waals surface area contributed by atoms with Crippen LogP contribution in [0.15, 0.2) is 42.6 Å². The van der Waals surface area contributed by atoms with Gasteiger partial charge in [0, 0.05) is 5.56 Å². The number of aromatic nitrogens is 3. The van der Waals surface area contributed by atoms with Gasteiger partial charge in [0.05, 0.1) is 24.7 Å². The van der Waals surface area contributed by atoms with E-state index in [9.17, 15) is 0 Å². The number of nitrogens with zero attached hydrogens (tertiary/aromatic N) is 3. The lowest BCUT2D eigenvalue weighted by Crippen LogP contribution is -1.98. The van der Waals surface area contributed by atoms with Crippen molar-refractivity contribution in [3.63, 3.8) is 0 Å². The summed E-state index contributed by atoms with van der Waals surface area (Å²) in [6.45, 7) is 4.14. The first-order chi connectivity index (χ1) is 10.6. The van der Waals surface area contributed by atoms with E-state index in [0.717, 1.165) is 16.9 Å². The van der Waals surface area contributed by atoms with Gasteiger partial charge in [-0.05, 0) is 43.7 Å². The van der Waals surface area contributed by atoms with Crippen LogP contribution < -0.4 is 10.5 Å². The fraction of sp³-hybridized carbons (Fsp3) is 0.176. The predicted octanol–water partition coefficient (Wildman–Crippen LogP) is 3.14. The fourth-order valence-electron chi connectivity index (χ4n) is 2.39. The minimum atomic E-state index is 0.573. The van der Waals surface area contributed by atoms with E-state index in [2.05, 4.69) is 42.4 Å². The Kier molecular flexibility index (Phi) is 3.55. The van der Waals surface area contributed by atoms with Crippen molar-refractivity contribution >= 4 is 5.69 Å². The van der Waals surface area contributed by atoms with Crippen LogP contribution in [-0.2, 0) is 0 Å². The van der Waals surface area contributed by atoms with Crippen molar-refractivity contribution in [2.75, 3.05) is 12.8 Å². The van der Waals surface area contributed by atoms with Crippen molar-refractivity contribution in [1.29, 1.82) is 0 Å². The molecule has 0 atom stereocenters. The molecule has 22 heavy (non-hydrogen) atoms. The van der Waals surface area contributed by atoms with Gasteiger partial charge in [0.2, 0.25) is 0 Å². The van der Waals surface area contributed by atoms with E-state index >= 15 is 0 Å². The molecule has 5 heteroatoms. The van der Waals surface area contributed by atoms with Crippen LogP contribution in [0.3, 0.4) is 0 Å². The number of rotatable bonds is 3. The summed E-state index contributed by atoms with van der Waals surface area (Å²) < 4.78 is 6.88. The van der Waals surface area contributed by atoms with Gasteiger partial charge < -0.3 is 10.5 Å². The highest BCUT2D eigenvalue weighted by Gasteiger charge is 2.09. The highest BCUT2D eigenvalue weighted by Crippen LogP contribution is 2.26. The number of aryl methyl sites for hydroxylation is 2. The molecule has 0 aliphatic heterocycles. The van der Waals surface area contributed by atoms with Gasteiger partial charge in [-0.2, -0.15) is 0 Å². The van der Waals surface area contributed by atoms with Crippen molar-refractivity contribution in [1.82, 2.24) is 15.0 Å². The maximum atomic E-state index is 5.94. The highest BCUT2D eigenvalue weighted by atomic mass is 16.5. The van der Waals surface area contributed by atoms with Crippen LogP contribution in [0.4, 0.5) is 5.69 Å². The first-order valence-corrected chi connectivity index (χ1v) is 7.02. The van der Waals surface area contributed by atoms with Crippen LogP contribution in [0.25, 0.3) is 16.9 Å². The Labute approximate surface area is 129 Å². The molecule has 3 aromatic rings. The molecule has 0 saturated carbocycles. The quantitative estimate of drug-likeness (QED) is 0.754. The van der Waals surface area contributed by atoms with Crippen LogP contribution in [0.5, 0.6) is 5.75 Å². The Hall–Kier alpha value is -2.82. The van der Waals surface area contributed by atoms with Crippen LogP contribution in [0.1, 0.15) is 11.1 Å². The molecule has 0 bridgehead atoms. The third kappa shape index (κ3) is 2.53. The zero-order valence-electron chi connectivity index (χ0n) is 12.9. The molecule has 5 nitrogen and oxygen atoms in total. The number of methoxy groups -OCH3 is 1. The van der Waals surface area contributed by atoms with E-state index in [-0.39, 0.29) is 0 Å². The van der Waals surface area contributed by atoms with Crippen LogP contribution in [-0.4, -0.2) is 22.1 Å². The maximum absolute atomic E-state index is 5.94. The Balaban J connectivity index is 2.00. The molecule has 0 aliphatic rings. The maximum Gasteiger partial charge on any atom is 0.141 e. The Morgan fingerprint density at radius 3 is 2.64 bits per heavy atom. The second kappa shape index (κ2) is 5.52. The zero-order valence-corrected chi connectivity index (χ0v) is 12.9. The van der Waals surface area contributed by atoms with Gasteiger partial charge in [-0.3, -0.25) is 0 Å². The first kappa shape index (κ1) is 14.1. The number of anilines is 1. The molecule has 0 radical (unpaired) electrons. The molecule has 2 N–H and O–H groups in total. The van der Waals surface area contributed by atoms with Crippen LogP contribution in [0.2, 0.25) is 0 Å². The number of nitrogens with two attached hydrogens (primary N) is 1. The number of ether oxygens (including phenoxy) is 1. The largest absolute Gasteiger partial charge is 0.495 e. The molecule has 0 amide bonds. The first-order valence-electron chi connectivity index (χ1n) is 7.02. The molecule has 112 valence electrons. The molecule has 0 spiro atoms. The van der Waals surface area contributed by atoms with E-state index in [0.29, 0.717) is 11.4 Å². The minimum Gasteiger partial charge on any atom is -0.495 e. The summed E-state index contributed by atoms with van der Waals surface area (Å²) in [5.74, 6) is 0.651. The summed E-state index contributed by atoms with van der Waals surface area (Å²) >= 11 is 0. The zero-order chi connectivity index (χ0) is 15.7. The van der Waals surface area contributed by atoms with E-state index in [1.165, 1.54) is 11.1 Å². The highest BCUT2D eigenvalue weighted by molar-refractivity contribution is 5.64. The molecular formula is C17H18N4O. The van der Waals surface area contributed by atoms with Gasteiger partial charge in [0.1, 0.15) is 11.4 Å². The summed E-state index contributed by atoms with van der Waals surface area (Å²) in [5, 5.41) is 8.48.